The third kappa shape index (κ3) is 8.01. The van der Waals surface area contributed by atoms with Crippen LogP contribution in [0.15, 0.2) is 11.2 Å². The first-order valence-electron chi connectivity index (χ1n) is 6.86. The van der Waals surface area contributed by atoms with E-state index in [4.69, 9.17) is 0 Å². The fourth-order valence-corrected chi connectivity index (χ4v) is 3.26. The van der Waals surface area contributed by atoms with Crippen molar-refractivity contribution in [2.24, 2.45) is 4.99 Å². The van der Waals surface area contributed by atoms with E-state index in [1.54, 1.807) is 18.4 Å². The molecule has 1 aromatic heterocycles. The first kappa shape index (κ1) is 17.9. The number of sulfone groups is 1. The molecule has 21 heavy (non-hydrogen) atoms. The van der Waals surface area contributed by atoms with Crippen molar-refractivity contribution >= 4 is 27.1 Å². The van der Waals surface area contributed by atoms with Crippen LogP contribution in [-0.4, -0.2) is 51.0 Å². The van der Waals surface area contributed by atoms with Crippen molar-refractivity contribution in [1.82, 2.24) is 15.6 Å². The average molecular weight is 332 g/mol. The monoisotopic (exact) mass is 332 g/mol. The Labute approximate surface area is 131 Å². The van der Waals surface area contributed by atoms with Gasteiger partial charge in [0.25, 0.3) is 0 Å². The van der Waals surface area contributed by atoms with Gasteiger partial charge in [-0.25, -0.2) is 13.4 Å². The highest BCUT2D eigenvalue weighted by atomic mass is 32.2. The van der Waals surface area contributed by atoms with Gasteiger partial charge in [0.1, 0.15) is 9.84 Å². The van der Waals surface area contributed by atoms with Gasteiger partial charge in [0.15, 0.2) is 5.96 Å². The van der Waals surface area contributed by atoms with E-state index in [-0.39, 0.29) is 11.8 Å². The fourth-order valence-electron chi connectivity index (χ4n) is 1.70. The van der Waals surface area contributed by atoms with Gasteiger partial charge in [0.05, 0.1) is 10.8 Å². The summed E-state index contributed by atoms with van der Waals surface area (Å²) in [7, 11) is -1.22. The maximum absolute atomic E-state index is 11.1. The van der Waals surface area contributed by atoms with Crippen molar-refractivity contribution in [3.63, 3.8) is 0 Å². The smallest absolute Gasteiger partial charge is 0.191 e. The third-order valence-corrected chi connectivity index (χ3v) is 4.78. The summed E-state index contributed by atoms with van der Waals surface area (Å²) in [6.07, 6.45) is 4.53. The molecule has 1 unspecified atom stereocenters. The minimum Gasteiger partial charge on any atom is -0.356 e. The number of nitrogens with zero attached hydrogens (tertiary/aromatic N) is 2. The molecule has 0 aliphatic heterocycles. The van der Waals surface area contributed by atoms with Crippen LogP contribution in [0.4, 0.5) is 0 Å². The summed E-state index contributed by atoms with van der Waals surface area (Å²) < 4.78 is 22.3. The molecule has 0 bridgehead atoms. The summed E-state index contributed by atoms with van der Waals surface area (Å²) in [6.45, 7) is 4.73. The number of rotatable bonds is 7. The van der Waals surface area contributed by atoms with E-state index in [1.807, 2.05) is 20.0 Å². The first-order chi connectivity index (χ1) is 9.80. The fraction of sp³-hybridized carbons (Fsp3) is 0.692. The van der Waals surface area contributed by atoms with Crippen LogP contribution in [-0.2, 0) is 16.3 Å². The molecule has 0 radical (unpaired) electrons. The molecule has 8 heteroatoms. The van der Waals surface area contributed by atoms with Gasteiger partial charge in [-0.2, -0.15) is 0 Å². The van der Waals surface area contributed by atoms with Crippen molar-refractivity contribution in [2.75, 3.05) is 25.6 Å². The van der Waals surface area contributed by atoms with Gasteiger partial charge in [0.2, 0.25) is 0 Å². The van der Waals surface area contributed by atoms with E-state index >= 15 is 0 Å². The van der Waals surface area contributed by atoms with Gasteiger partial charge < -0.3 is 10.6 Å². The van der Waals surface area contributed by atoms with Crippen molar-refractivity contribution in [1.29, 1.82) is 0 Å². The zero-order valence-electron chi connectivity index (χ0n) is 13.0. The number of thiazole rings is 1. The van der Waals surface area contributed by atoms with E-state index < -0.39 is 9.84 Å². The molecule has 0 fully saturated rings. The van der Waals surface area contributed by atoms with Crippen LogP contribution >= 0.6 is 11.3 Å². The predicted molar refractivity (Wildman–Crippen MR) is 88.8 cm³/mol. The standard InChI is InChI=1S/C13H24N4O2S2/c1-10(6-8-21(4,18)19)17-13(14-3)15-7-5-12-16-9-11(2)20-12/h9-10H,5-8H2,1-4H3,(H2,14,15,17). The van der Waals surface area contributed by atoms with Crippen LogP contribution in [0.3, 0.4) is 0 Å². The SMILES string of the molecule is CN=C(NCCc1ncc(C)s1)NC(C)CCS(C)(=O)=O. The van der Waals surface area contributed by atoms with Gasteiger partial charge in [-0.3, -0.25) is 4.99 Å². The molecule has 0 aliphatic rings. The third-order valence-electron chi connectivity index (χ3n) is 2.83. The van der Waals surface area contributed by atoms with E-state index in [1.165, 1.54) is 11.1 Å². The van der Waals surface area contributed by atoms with Crippen molar-refractivity contribution in [3.8, 4) is 0 Å². The van der Waals surface area contributed by atoms with Crippen LogP contribution in [0, 0.1) is 6.92 Å². The Hall–Kier alpha value is -1.15. The van der Waals surface area contributed by atoms with E-state index in [0.29, 0.717) is 12.4 Å². The lowest BCUT2D eigenvalue weighted by atomic mass is 10.3. The molecule has 0 saturated carbocycles. The second kappa shape index (κ2) is 8.33. The van der Waals surface area contributed by atoms with Gasteiger partial charge in [-0.05, 0) is 20.3 Å². The summed E-state index contributed by atoms with van der Waals surface area (Å²) in [6, 6.07) is 0.0491. The Kier molecular flexibility index (Phi) is 7.10. The molecule has 1 aromatic rings. The quantitative estimate of drug-likeness (QED) is 0.574. The molecular formula is C13H24N4O2S2. The summed E-state index contributed by atoms with van der Waals surface area (Å²) in [5.41, 5.74) is 0. The molecular weight excluding hydrogens is 308 g/mol. The van der Waals surface area contributed by atoms with Gasteiger partial charge in [-0.1, -0.05) is 0 Å². The Morgan fingerprint density at radius 1 is 1.52 bits per heavy atom. The van der Waals surface area contributed by atoms with Crippen LogP contribution in [0.1, 0.15) is 23.2 Å². The highest BCUT2D eigenvalue weighted by Gasteiger charge is 2.09. The highest BCUT2D eigenvalue weighted by molar-refractivity contribution is 7.90. The maximum atomic E-state index is 11.1. The van der Waals surface area contributed by atoms with Crippen LogP contribution in [0.5, 0.6) is 0 Å². The Balaban J connectivity index is 2.31. The van der Waals surface area contributed by atoms with Gasteiger partial charge >= 0.3 is 0 Å². The van der Waals surface area contributed by atoms with E-state index in [2.05, 4.69) is 20.6 Å². The molecule has 1 atom stereocenters. The lowest BCUT2D eigenvalue weighted by Gasteiger charge is -2.17. The van der Waals surface area contributed by atoms with Gasteiger partial charge in [0, 0.05) is 43.4 Å². The normalized spacial score (nSPS) is 14.0. The van der Waals surface area contributed by atoms with E-state index in [9.17, 15) is 8.42 Å². The highest BCUT2D eigenvalue weighted by Crippen LogP contribution is 2.10. The second-order valence-electron chi connectivity index (χ2n) is 5.08. The number of nitrogens with one attached hydrogen (secondary N) is 2. The van der Waals surface area contributed by atoms with Crippen LogP contribution in [0.2, 0.25) is 0 Å². The lowest BCUT2D eigenvalue weighted by Crippen LogP contribution is -2.43. The van der Waals surface area contributed by atoms with Crippen molar-refractivity contribution < 1.29 is 8.42 Å². The summed E-state index contributed by atoms with van der Waals surface area (Å²) in [4.78, 5) is 9.65. The van der Waals surface area contributed by atoms with E-state index in [0.717, 1.165) is 18.0 Å². The number of aryl methyl sites for hydroxylation is 1. The zero-order chi connectivity index (χ0) is 15.9. The molecule has 0 spiro atoms. The number of hydrogen-bond acceptors (Lipinski definition) is 5. The number of aliphatic imine (C=N–C) groups is 1. The molecule has 0 aromatic carbocycles. The van der Waals surface area contributed by atoms with Gasteiger partial charge in [-0.15, -0.1) is 11.3 Å². The summed E-state index contributed by atoms with van der Waals surface area (Å²) in [5, 5.41) is 7.50. The topological polar surface area (TPSA) is 83.4 Å². The minimum absolute atomic E-state index is 0.0491. The molecule has 6 nitrogen and oxygen atoms in total. The summed E-state index contributed by atoms with van der Waals surface area (Å²) in [5.74, 6) is 0.862. The van der Waals surface area contributed by atoms with Crippen LogP contribution < -0.4 is 10.6 Å². The van der Waals surface area contributed by atoms with Crippen LogP contribution in [0.25, 0.3) is 0 Å². The Bertz CT molecular complexity index is 566. The van der Waals surface area contributed by atoms with Crippen molar-refractivity contribution in [2.45, 2.75) is 32.7 Å². The molecule has 1 rings (SSSR count). The first-order valence-corrected chi connectivity index (χ1v) is 9.74. The predicted octanol–water partition coefficient (Wildman–Crippen LogP) is 0.982. The molecule has 0 aliphatic carbocycles. The Morgan fingerprint density at radius 3 is 2.76 bits per heavy atom. The number of aromatic nitrogens is 1. The lowest BCUT2D eigenvalue weighted by molar-refractivity contribution is 0.581. The largest absolute Gasteiger partial charge is 0.356 e. The zero-order valence-corrected chi connectivity index (χ0v) is 14.6. The van der Waals surface area contributed by atoms with Crippen molar-refractivity contribution in [3.05, 3.63) is 16.1 Å². The maximum Gasteiger partial charge on any atom is 0.191 e. The average Bonchev–Trinajstić information content (AvgIpc) is 2.80. The number of hydrogen-bond donors (Lipinski definition) is 2. The molecule has 0 amide bonds. The molecule has 0 saturated heterocycles. The molecule has 120 valence electrons. The summed E-state index contributed by atoms with van der Waals surface area (Å²) >= 11 is 1.69. The second-order valence-corrected chi connectivity index (χ2v) is 8.66. The Morgan fingerprint density at radius 2 is 2.24 bits per heavy atom. The number of guanidine groups is 1. The molecule has 1 heterocycles. The minimum atomic E-state index is -2.92. The molecule has 2 N–H and O–H groups in total.